The van der Waals surface area contributed by atoms with Crippen LogP contribution in [0.3, 0.4) is 0 Å². The zero-order chi connectivity index (χ0) is 15.6. The van der Waals surface area contributed by atoms with E-state index in [1.807, 2.05) is 4.90 Å². The van der Waals surface area contributed by atoms with Crippen molar-refractivity contribution in [1.29, 1.82) is 0 Å². The minimum absolute atomic E-state index is 0.203. The van der Waals surface area contributed by atoms with Crippen LogP contribution in [0.15, 0.2) is 29.2 Å². The predicted molar refractivity (Wildman–Crippen MR) is 83.4 cm³/mol. The highest BCUT2D eigenvalue weighted by Gasteiger charge is 2.29. The number of rotatable bonds is 4. The number of thioether (sulfide) groups is 1. The molecule has 0 bridgehead atoms. The lowest BCUT2D eigenvalue weighted by molar-refractivity contribution is -0.138. The Kier molecular flexibility index (Phi) is 4.80. The van der Waals surface area contributed by atoms with Crippen LogP contribution in [0.25, 0.3) is 0 Å². The first-order valence-corrected chi connectivity index (χ1v) is 9.03. The minimum Gasteiger partial charge on any atom is -0.480 e. The van der Waals surface area contributed by atoms with Gasteiger partial charge in [-0.3, -0.25) is 0 Å². The molecule has 2 rings (SSSR count). The number of carboxylic acids is 1. The molecule has 1 fully saturated rings. The fourth-order valence-corrected chi connectivity index (χ4v) is 4.08. The molecular weight excluding hydrogens is 312 g/mol. The molecule has 1 N–H and O–H groups in total. The van der Waals surface area contributed by atoms with Crippen molar-refractivity contribution in [1.82, 2.24) is 4.31 Å². The highest BCUT2D eigenvalue weighted by Crippen LogP contribution is 2.26. The maximum absolute atomic E-state index is 12.0. The van der Waals surface area contributed by atoms with E-state index in [2.05, 4.69) is 0 Å². The number of carbonyl (C=O) groups is 1. The first-order valence-electron chi connectivity index (χ1n) is 6.44. The summed E-state index contributed by atoms with van der Waals surface area (Å²) in [7, 11) is -0.504. The Bertz CT molecular complexity index is 614. The van der Waals surface area contributed by atoms with Gasteiger partial charge >= 0.3 is 5.97 Å². The Morgan fingerprint density at radius 1 is 1.33 bits per heavy atom. The third-order valence-electron chi connectivity index (χ3n) is 3.36. The molecule has 1 aromatic rings. The van der Waals surface area contributed by atoms with Gasteiger partial charge in [-0.15, -0.1) is 0 Å². The Morgan fingerprint density at radius 2 is 1.95 bits per heavy atom. The first kappa shape index (κ1) is 16.1. The van der Waals surface area contributed by atoms with Crippen LogP contribution in [0.4, 0.5) is 5.69 Å². The molecule has 1 aliphatic heterocycles. The molecule has 0 aliphatic carbocycles. The van der Waals surface area contributed by atoms with E-state index in [4.69, 9.17) is 0 Å². The summed E-state index contributed by atoms with van der Waals surface area (Å²) in [6, 6.07) is 5.81. The molecule has 8 heteroatoms. The maximum atomic E-state index is 12.0. The summed E-state index contributed by atoms with van der Waals surface area (Å²) >= 11 is 1.62. The van der Waals surface area contributed by atoms with Crippen LogP contribution in [0.1, 0.15) is 0 Å². The number of nitrogens with zero attached hydrogens (tertiary/aromatic N) is 2. The van der Waals surface area contributed by atoms with Gasteiger partial charge in [0.25, 0.3) is 0 Å². The monoisotopic (exact) mass is 330 g/mol. The molecule has 1 aliphatic rings. The number of aliphatic carboxylic acids is 1. The van der Waals surface area contributed by atoms with E-state index in [1.165, 1.54) is 26.2 Å². The van der Waals surface area contributed by atoms with Gasteiger partial charge in [0.15, 0.2) is 0 Å². The van der Waals surface area contributed by atoms with E-state index in [1.54, 1.807) is 23.9 Å². The molecule has 21 heavy (non-hydrogen) atoms. The lowest BCUT2D eigenvalue weighted by Gasteiger charge is -2.34. The van der Waals surface area contributed by atoms with Crippen molar-refractivity contribution in [3.8, 4) is 0 Å². The average molecular weight is 330 g/mol. The molecule has 0 saturated carbocycles. The summed E-state index contributed by atoms with van der Waals surface area (Å²) in [6.07, 6.45) is 0. The van der Waals surface area contributed by atoms with E-state index in [9.17, 15) is 18.3 Å². The molecule has 1 heterocycles. The smallest absolute Gasteiger partial charge is 0.327 e. The van der Waals surface area contributed by atoms with E-state index in [0.29, 0.717) is 12.3 Å². The zero-order valence-electron chi connectivity index (χ0n) is 11.9. The highest BCUT2D eigenvalue weighted by molar-refractivity contribution is 7.99. The van der Waals surface area contributed by atoms with Gasteiger partial charge in [-0.25, -0.2) is 17.5 Å². The summed E-state index contributed by atoms with van der Waals surface area (Å²) in [6.45, 7) is 0.640. The van der Waals surface area contributed by atoms with Crippen molar-refractivity contribution in [2.24, 2.45) is 0 Å². The molecular formula is C13H18N2O4S2. The molecule has 1 atom stereocenters. The van der Waals surface area contributed by atoms with Gasteiger partial charge in [0, 0.05) is 37.8 Å². The van der Waals surface area contributed by atoms with Crippen LogP contribution in [-0.4, -0.2) is 62.0 Å². The molecule has 0 spiro atoms. The maximum Gasteiger partial charge on any atom is 0.327 e. The van der Waals surface area contributed by atoms with E-state index >= 15 is 0 Å². The molecule has 0 aromatic heterocycles. The van der Waals surface area contributed by atoms with Crippen LogP contribution in [0.5, 0.6) is 0 Å². The second-order valence-electron chi connectivity index (χ2n) is 4.90. The molecule has 1 aromatic carbocycles. The van der Waals surface area contributed by atoms with Crippen molar-refractivity contribution in [3.63, 3.8) is 0 Å². The predicted octanol–water partition coefficient (Wildman–Crippen LogP) is 0.943. The van der Waals surface area contributed by atoms with Gasteiger partial charge in [-0.1, -0.05) is 0 Å². The summed E-state index contributed by atoms with van der Waals surface area (Å²) in [5.41, 5.74) is 0.736. The fourth-order valence-electron chi connectivity index (χ4n) is 2.14. The molecule has 1 saturated heterocycles. The number of benzene rings is 1. The SMILES string of the molecule is CN(C)S(=O)(=O)c1ccc(N2CCSCC2C(=O)O)cc1. The second-order valence-corrected chi connectivity index (χ2v) is 8.21. The number of hydrogen-bond acceptors (Lipinski definition) is 5. The third-order valence-corrected chi connectivity index (χ3v) is 6.21. The van der Waals surface area contributed by atoms with E-state index in [-0.39, 0.29) is 4.90 Å². The van der Waals surface area contributed by atoms with Gasteiger partial charge in [-0.05, 0) is 24.3 Å². The standard InChI is InChI=1S/C13H18N2O4S2/c1-14(2)21(18,19)11-5-3-10(4-6-11)15-7-8-20-9-12(15)13(16)17/h3-6,12H,7-9H2,1-2H3,(H,16,17). The number of anilines is 1. The van der Waals surface area contributed by atoms with Gasteiger partial charge in [-0.2, -0.15) is 11.8 Å². The first-order chi connectivity index (χ1) is 9.84. The summed E-state index contributed by atoms with van der Waals surface area (Å²) in [5.74, 6) is 0.543. The van der Waals surface area contributed by atoms with Gasteiger partial charge in [0.05, 0.1) is 4.90 Å². The van der Waals surface area contributed by atoms with Crippen molar-refractivity contribution < 1.29 is 18.3 Å². The van der Waals surface area contributed by atoms with Gasteiger partial charge in [0.2, 0.25) is 10.0 Å². The van der Waals surface area contributed by atoms with Crippen molar-refractivity contribution in [2.45, 2.75) is 10.9 Å². The topological polar surface area (TPSA) is 77.9 Å². The third kappa shape index (κ3) is 3.33. The number of hydrogen-bond donors (Lipinski definition) is 1. The second kappa shape index (κ2) is 6.25. The Labute approximate surface area is 128 Å². The lowest BCUT2D eigenvalue weighted by atomic mass is 10.2. The molecule has 0 amide bonds. The van der Waals surface area contributed by atoms with Gasteiger partial charge in [0.1, 0.15) is 6.04 Å². The summed E-state index contributed by atoms with van der Waals surface area (Å²) in [5, 5.41) is 9.27. The van der Waals surface area contributed by atoms with Crippen molar-refractivity contribution >= 4 is 33.4 Å². The quantitative estimate of drug-likeness (QED) is 0.885. The van der Waals surface area contributed by atoms with Crippen molar-refractivity contribution in [2.75, 3.05) is 37.0 Å². The van der Waals surface area contributed by atoms with Crippen molar-refractivity contribution in [3.05, 3.63) is 24.3 Å². The molecule has 6 nitrogen and oxygen atoms in total. The average Bonchev–Trinajstić information content (AvgIpc) is 2.47. The summed E-state index contributed by atoms with van der Waals surface area (Å²) in [4.78, 5) is 13.3. The van der Waals surface area contributed by atoms with Crippen LogP contribution in [0.2, 0.25) is 0 Å². The molecule has 116 valence electrons. The van der Waals surface area contributed by atoms with Crippen LogP contribution >= 0.6 is 11.8 Å². The van der Waals surface area contributed by atoms with Crippen LogP contribution in [0, 0.1) is 0 Å². The van der Waals surface area contributed by atoms with Crippen LogP contribution in [-0.2, 0) is 14.8 Å². The van der Waals surface area contributed by atoms with E-state index < -0.39 is 22.0 Å². The Morgan fingerprint density at radius 3 is 2.48 bits per heavy atom. The van der Waals surface area contributed by atoms with E-state index in [0.717, 1.165) is 15.7 Å². The minimum atomic E-state index is -3.46. The van der Waals surface area contributed by atoms with Gasteiger partial charge < -0.3 is 10.0 Å². The number of carboxylic acid groups (broad SMARTS) is 1. The normalized spacial score (nSPS) is 19.8. The lowest BCUT2D eigenvalue weighted by Crippen LogP contribution is -2.47. The number of sulfonamides is 1. The zero-order valence-corrected chi connectivity index (χ0v) is 13.5. The largest absolute Gasteiger partial charge is 0.480 e. The fraction of sp³-hybridized carbons (Fsp3) is 0.462. The Balaban J connectivity index is 2.28. The highest BCUT2D eigenvalue weighted by atomic mass is 32.2. The van der Waals surface area contributed by atoms with Crippen LogP contribution < -0.4 is 4.90 Å². The summed E-state index contributed by atoms with van der Waals surface area (Å²) < 4.78 is 25.2. The molecule has 0 radical (unpaired) electrons. The molecule has 1 unspecified atom stereocenters. The Hall–Kier alpha value is -1.25.